The van der Waals surface area contributed by atoms with E-state index in [1.807, 2.05) is 0 Å². The van der Waals surface area contributed by atoms with Crippen molar-refractivity contribution in [3.05, 3.63) is 6.92 Å². The van der Waals surface area contributed by atoms with Crippen molar-refractivity contribution in [2.75, 3.05) is 12.4 Å². The van der Waals surface area contributed by atoms with E-state index in [2.05, 4.69) is 12.6 Å². The average molecular weight is 190 g/mol. The molecule has 12 heavy (non-hydrogen) atoms. The summed E-state index contributed by atoms with van der Waals surface area (Å²) in [5.74, 6) is 0.580. The highest BCUT2D eigenvalue weighted by Crippen LogP contribution is 2.29. The topological polar surface area (TPSA) is 49.7 Å². The summed E-state index contributed by atoms with van der Waals surface area (Å²) >= 11 is 4.06. The zero-order chi connectivity index (χ0) is 9.14. The van der Waals surface area contributed by atoms with Crippen molar-refractivity contribution in [3.63, 3.8) is 0 Å². The van der Waals surface area contributed by atoms with Crippen molar-refractivity contribution in [1.29, 1.82) is 0 Å². The molecule has 1 aliphatic rings. The van der Waals surface area contributed by atoms with Crippen molar-refractivity contribution in [3.8, 4) is 0 Å². The van der Waals surface area contributed by atoms with Crippen molar-refractivity contribution in [2.45, 2.75) is 24.7 Å². The molecule has 0 aromatic carbocycles. The second-order valence-electron chi connectivity index (χ2n) is 2.99. The smallest absolute Gasteiger partial charge is 0.0878 e. The van der Waals surface area contributed by atoms with Crippen molar-refractivity contribution < 1.29 is 14.9 Å². The Balaban J connectivity index is 2.53. The molecule has 0 aromatic heterocycles. The molecule has 0 aromatic rings. The van der Waals surface area contributed by atoms with Crippen molar-refractivity contribution in [1.82, 2.24) is 0 Å². The van der Waals surface area contributed by atoms with Crippen LogP contribution in [-0.4, -0.2) is 40.9 Å². The monoisotopic (exact) mass is 190 g/mol. The Bertz CT molecular complexity index is 142. The maximum atomic E-state index is 9.50. The van der Waals surface area contributed by atoms with Gasteiger partial charge < -0.3 is 14.9 Å². The number of aliphatic hydroxyl groups is 2. The third-order valence-electron chi connectivity index (χ3n) is 2.23. The molecule has 0 amide bonds. The van der Waals surface area contributed by atoms with E-state index in [9.17, 15) is 5.11 Å². The highest BCUT2D eigenvalue weighted by Gasteiger charge is 2.40. The summed E-state index contributed by atoms with van der Waals surface area (Å²) in [5, 5.41) is 18.4. The third-order valence-corrected chi connectivity index (χ3v) is 2.49. The SMILES string of the molecule is [CH]C1O[C@H](CO)[C@H](CCS)C1O. The summed E-state index contributed by atoms with van der Waals surface area (Å²) in [6.45, 7) is 5.36. The maximum absolute atomic E-state index is 9.50. The Hall–Kier alpha value is 0.230. The molecule has 1 aliphatic heterocycles. The molecule has 1 fully saturated rings. The van der Waals surface area contributed by atoms with Crippen LogP contribution in [0.2, 0.25) is 0 Å². The second kappa shape index (κ2) is 4.46. The Morgan fingerprint density at radius 1 is 1.50 bits per heavy atom. The average Bonchev–Trinajstić information content (AvgIpc) is 2.33. The molecule has 0 aliphatic carbocycles. The van der Waals surface area contributed by atoms with E-state index >= 15 is 0 Å². The Kier molecular flexibility index (Phi) is 3.83. The molecule has 1 saturated heterocycles. The highest BCUT2D eigenvalue weighted by atomic mass is 32.1. The van der Waals surface area contributed by atoms with Gasteiger partial charge in [-0.15, -0.1) is 0 Å². The minimum atomic E-state index is -0.672. The van der Waals surface area contributed by atoms with Gasteiger partial charge in [0.15, 0.2) is 0 Å². The van der Waals surface area contributed by atoms with E-state index in [-0.39, 0.29) is 18.6 Å². The van der Waals surface area contributed by atoms with Crippen LogP contribution in [0, 0.1) is 12.8 Å². The largest absolute Gasteiger partial charge is 0.394 e. The first kappa shape index (κ1) is 10.3. The number of aliphatic hydroxyl groups excluding tert-OH is 2. The van der Waals surface area contributed by atoms with Gasteiger partial charge >= 0.3 is 0 Å². The molecule has 4 heteroatoms. The maximum Gasteiger partial charge on any atom is 0.0878 e. The van der Waals surface area contributed by atoms with Gasteiger partial charge in [0.25, 0.3) is 0 Å². The Morgan fingerprint density at radius 2 is 2.17 bits per heavy atom. The van der Waals surface area contributed by atoms with Gasteiger partial charge in [-0.3, -0.25) is 0 Å². The van der Waals surface area contributed by atoms with E-state index in [4.69, 9.17) is 16.8 Å². The minimum absolute atomic E-state index is 0.0810. The van der Waals surface area contributed by atoms with Gasteiger partial charge in [-0.2, -0.15) is 12.6 Å². The zero-order valence-corrected chi connectivity index (χ0v) is 7.65. The molecule has 0 bridgehead atoms. The van der Waals surface area contributed by atoms with Crippen molar-refractivity contribution >= 4 is 12.6 Å². The van der Waals surface area contributed by atoms with Crippen LogP contribution in [0.3, 0.4) is 0 Å². The predicted octanol–water partition coefficient (Wildman–Crippen LogP) is -0.246. The fourth-order valence-electron chi connectivity index (χ4n) is 1.53. The number of rotatable bonds is 3. The molecule has 2 unspecified atom stereocenters. The lowest BCUT2D eigenvalue weighted by atomic mass is 9.94. The fraction of sp³-hybridized carbons (Fsp3) is 0.875. The van der Waals surface area contributed by atoms with Crippen LogP contribution in [0.5, 0.6) is 0 Å². The molecule has 1 heterocycles. The lowest BCUT2D eigenvalue weighted by molar-refractivity contribution is 0.00912. The third kappa shape index (κ3) is 1.93. The fourth-order valence-corrected chi connectivity index (χ4v) is 1.83. The lowest BCUT2D eigenvalue weighted by Gasteiger charge is -2.16. The van der Waals surface area contributed by atoms with Gasteiger partial charge in [-0.1, -0.05) is 0 Å². The van der Waals surface area contributed by atoms with Gasteiger partial charge in [0.05, 0.1) is 24.9 Å². The van der Waals surface area contributed by atoms with Crippen LogP contribution in [0.25, 0.3) is 0 Å². The molecule has 1 rings (SSSR count). The standard InChI is InChI=1S/C8H14O3S/c1-5-8(10)6(2-3-12)7(4-9)11-5/h1,5-10,12H,2-4H2/t5?,6-,7+,8?/m0/s1. The molecular weight excluding hydrogens is 176 g/mol. The van der Waals surface area contributed by atoms with Crippen LogP contribution >= 0.6 is 12.6 Å². The summed E-state index contributed by atoms with van der Waals surface area (Å²) in [5.41, 5.74) is 0. The van der Waals surface area contributed by atoms with Crippen molar-refractivity contribution in [2.24, 2.45) is 5.92 Å². The second-order valence-corrected chi connectivity index (χ2v) is 3.44. The molecule has 0 saturated carbocycles. The van der Waals surface area contributed by atoms with E-state index in [0.717, 1.165) is 0 Å². The quantitative estimate of drug-likeness (QED) is 0.538. The summed E-state index contributed by atoms with van der Waals surface area (Å²) in [7, 11) is 0. The van der Waals surface area contributed by atoms with Gasteiger partial charge in [0.2, 0.25) is 0 Å². The molecule has 0 spiro atoms. The molecule has 2 N–H and O–H groups in total. The molecule has 2 radical (unpaired) electrons. The molecule has 4 atom stereocenters. The first-order valence-corrected chi connectivity index (χ1v) is 4.64. The number of ether oxygens (including phenoxy) is 1. The number of thiol groups is 1. The van der Waals surface area contributed by atoms with E-state index in [0.29, 0.717) is 12.2 Å². The van der Waals surface area contributed by atoms with E-state index in [1.165, 1.54) is 0 Å². The van der Waals surface area contributed by atoms with Gasteiger partial charge in [-0.25, -0.2) is 0 Å². The van der Waals surface area contributed by atoms with Gasteiger partial charge in [0.1, 0.15) is 0 Å². The van der Waals surface area contributed by atoms with Crippen LogP contribution in [-0.2, 0) is 4.74 Å². The zero-order valence-electron chi connectivity index (χ0n) is 6.76. The summed E-state index contributed by atoms with van der Waals surface area (Å²) < 4.78 is 5.13. The molecular formula is C8H14O3S. The van der Waals surface area contributed by atoms with E-state index in [1.54, 1.807) is 0 Å². The summed E-state index contributed by atoms with van der Waals surface area (Å²) in [6.07, 6.45) is -0.952. The van der Waals surface area contributed by atoms with Gasteiger partial charge in [-0.05, 0) is 19.1 Å². The Morgan fingerprint density at radius 3 is 2.67 bits per heavy atom. The number of hydrogen-bond donors (Lipinski definition) is 3. The minimum Gasteiger partial charge on any atom is -0.394 e. The first-order valence-electron chi connectivity index (χ1n) is 4.01. The van der Waals surface area contributed by atoms with Crippen LogP contribution in [0.4, 0.5) is 0 Å². The first-order chi connectivity index (χ1) is 5.70. The van der Waals surface area contributed by atoms with Crippen LogP contribution < -0.4 is 0 Å². The molecule has 70 valence electrons. The van der Waals surface area contributed by atoms with E-state index < -0.39 is 12.2 Å². The Labute approximate surface area is 78.1 Å². The summed E-state index contributed by atoms with van der Waals surface area (Å²) in [4.78, 5) is 0. The van der Waals surface area contributed by atoms with Gasteiger partial charge in [0, 0.05) is 5.92 Å². The highest BCUT2D eigenvalue weighted by molar-refractivity contribution is 7.80. The lowest BCUT2D eigenvalue weighted by Crippen LogP contribution is -2.28. The molecule has 3 nitrogen and oxygen atoms in total. The van der Waals surface area contributed by atoms with Crippen LogP contribution in [0.15, 0.2) is 0 Å². The predicted molar refractivity (Wildman–Crippen MR) is 48.0 cm³/mol. The number of hydrogen-bond acceptors (Lipinski definition) is 4. The summed E-state index contributed by atoms with van der Waals surface area (Å²) in [6, 6.07) is 0. The van der Waals surface area contributed by atoms with Crippen LogP contribution in [0.1, 0.15) is 6.42 Å². The normalized spacial score (nSPS) is 42.0.